The van der Waals surface area contributed by atoms with Crippen LogP contribution in [0.3, 0.4) is 0 Å². The van der Waals surface area contributed by atoms with Crippen molar-refractivity contribution in [1.82, 2.24) is 24.3 Å². The van der Waals surface area contributed by atoms with Crippen LogP contribution in [0.15, 0.2) is 55.6 Å². The molecular weight excluding hydrogens is 300 g/mol. The largest absolute Gasteiger partial charge is 0.365 e. The van der Waals surface area contributed by atoms with Crippen molar-refractivity contribution in [3.63, 3.8) is 0 Å². The van der Waals surface area contributed by atoms with Crippen molar-refractivity contribution < 1.29 is 0 Å². The van der Waals surface area contributed by atoms with E-state index in [2.05, 4.69) is 43.0 Å². The van der Waals surface area contributed by atoms with Gasteiger partial charge in [0.25, 0.3) is 0 Å². The van der Waals surface area contributed by atoms with Gasteiger partial charge in [0, 0.05) is 42.6 Å². The highest BCUT2D eigenvalue weighted by Crippen LogP contribution is 2.34. The SMILES string of the molecule is c1cn2cncc(-c3ccc4c(c3)N(Cc3c[nH]cn3)CC4)c2n1. The lowest BCUT2D eigenvalue weighted by Gasteiger charge is -2.19. The number of H-pyrrole nitrogens is 1. The van der Waals surface area contributed by atoms with Crippen molar-refractivity contribution in [2.75, 3.05) is 11.4 Å². The Labute approximate surface area is 138 Å². The van der Waals surface area contributed by atoms with Crippen LogP contribution in [0.2, 0.25) is 0 Å². The number of aromatic amines is 1. The molecule has 5 rings (SSSR count). The number of imidazole rings is 2. The van der Waals surface area contributed by atoms with Crippen LogP contribution in [-0.2, 0) is 13.0 Å². The Morgan fingerprint density at radius 2 is 2.21 bits per heavy atom. The van der Waals surface area contributed by atoms with Crippen molar-refractivity contribution >= 4 is 11.3 Å². The second-order valence-electron chi connectivity index (χ2n) is 6.04. The number of fused-ring (bicyclic) bond motifs is 2. The summed E-state index contributed by atoms with van der Waals surface area (Å²) in [6, 6.07) is 6.64. The third kappa shape index (κ3) is 2.07. The van der Waals surface area contributed by atoms with Gasteiger partial charge in [-0.05, 0) is 23.6 Å². The summed E-state index contributed by atoms with van der Waals surface area (Å²) in [5.74, 6) is 0. The number of anilines is 1. The Bertz CT molecular complexity index is 1000. The van der Waals surface area contributed by atoms with Crippen LogP contribution >= 0.6 is 0 Å². The van der Waals surface area contributed by atoms with E-state index in [1.165, 1.54) is 11.3 Å². The van der Waals surface area contributed by atoms with Crippen LogP contribution in [0, 0.1) is 0 Å². The molecule has 0 aliphatic carbocycles. The van der Waals surface area contributed by atoms with Gasteiger partial charge in [-0.25, -0.2) is 15.0 Å². The molecule has 0 bridgehead atoms. The number of nitrogens with one attached hydrogen (secondary N) is 1. The number of hydrogen-bond donors (Lipinski definition) is 1. The molecule has 24 heavy (non-hydrogen) atoms. The maximum Gasteiger partial charge on any atom is 0.147 e. The van der Waals surface area contributed by atoms with Crippen molar-refractivity contribution in [2.24, 2.45) is 0 Å². The molecule has 6 nitrogen and oxygen atoms in total. The first-order valence-electron chi connectivity index (χ1n) is 8.01. The molecule has 1 aliphatic heterocycles. The maximum absolute atomic E-state index is 4.46. The molecular formula is C18H16N6. The maximum atomic E-state index is 4.46. The zero-order valence-corrected chi connectivity index (χ0v) is 13.1. The van der Waals surface area contributed by atoms with Crippen LogP contribution in [0.5, 0.6) is 0 Å². The van der Waals surface area contributed by atoms with Gasteiger partial charge in [0.1, 0.15) is 12.0 Å². The van der Waals surface area contributed by atoms with Gasteiger partial charge in [-0.2, -0.15) is 0 Å². The second kappa shape index (κ2) is 5.19. The van der Waals surface area contributed by atoms with Gasteiger partial charge in [0.2, 0.25) is 0 Å². The average Bonchev–Trinajstić information content (AvgIpc) is 3.35. The minimum atomic E-state index is 0.825. The summed E-state index contributed by atoms with van der Waals surface area (Å²) < 4.78 is 1.95. The van der Waals surface area contributed by atoms with Crippen LogP contribution in [0.25, 0.3) is 16.8 Å². The fourth-order valence-electron chi connectivity index (χ4n) is 3.41. The number of nitrogens with zero attached hydrogens (tertiary/aromatic N) is 5. The molecule has 4 heterocycles. The molecule has 6 heteroatoms. The number of benzene rings is 1. The molecule has 0 saturated carbocycles. The predicted octanol–water partition coefficient (Wildman–Crippen LogP) is 2.68. The summed E-state index contributed by atoms with van der Waals surface area (Å²) in [6.45, 7) is 1.85. The molecule has 1 N–H and O–H groups in total. The molecule has 0 spiro atoms. The van der Waals surface area contributed by atoms with E-state index in [-0.39, 0.29) is 0 Å². The van der Waals surface area contributed by atoms with E-state index < -0.39 is 0 Å². The molecule has 4 aromatic rings. The van der Waals surface area contributed by atoms with E-state index in [1.807, 2.05) is 23.0 Å². The fourth-order valence-corrected chi connectivity index (χ4v) is 3.41. The van der Waals surface area contributed by atoms with Gasteiger partial charge in [-0.3, -0.25) is 4.40 Å². The van der Waals surface area contributed by atoms with Gasteiger partial charge < -0.3 is 9.88 Å². The Kier molecular flexibility index (Phi) is 2.88. The topological polar surface area (TPSA) is 62.1 Å². The molecule has 0 atom stereocenters. The average molecular weight is 316 g/mol. The predicted molar refractivity (Wildman–Crippen MR) is 91.8 cm³/mol. The molecule has 0 unspecified atom stereocenters. The zero-order valence-electron chi connectivity index (χ0n) is 13.1. The lowest BCUT2D eigenvalue weighted by atomic mass is 10.0. The summed E-state index contributed by atoms with van der Waals surface area (Å²) in [5, 5.41) is 0. The first kappa shape index (κ1) is 13.3. The molecule has 0 radical (unpaired) electrons. The minimum absolute atomic E-state index is 0.825. The molecule has 1 aliphatic rings. The Balaban J connectivity index is 1.57. The smallest absolute Gasteiger partial charge is 0.147 e. The number of rotatable bonds is 3. The lowest BCUT2D eigenvalue weighted by molar-refractivity contribution is 0.819. The van der Waals surface area contributed by atoms with E-state index in [9.17, 15) is 0 Å². The second-order valence-corrected chi connectivity index (χ2v) is 6.04. The van der Waals surface area contributed by atoms with Crippen LogP contribution in [0.4, 0.5) is 5.69 Å². The van der Waals surface area contributed by atoms with Gasteiger partial charge >= 0.3 is 0 Å². The van der Waals surface area contributed by atoms with Gasteiger partial charge in [-0.15, -0.1) is 0 Å². The number of hydrogen-bond acceptors (Lipinski definition) is 4. The Hall–Kier alpha value is -3.15. The van der Waals surface area contributed by atoms with E-state index in [4.69, 9.17) is 0 Å². The van der Waals surface area contributed by atoms with Crippen LogP contribution < -0.4 is 4.90 Å². The summed E-state index contributed by atoms with van der Waals surface area (Å²) in [7, 11) is 0. The molecule has 0 saturated heterocycles. The summed E-state index contributed by atoms with van der Waals surface area (Å²) in [5.41, 5.74) is 6.86. The van der Waals surface area contributed by atoms with Gasteiger partial charge in [0.15, 0.2) is 0 Å². The Morgan fingerprint density at radius 1 is 1.21 bits per heavy atom. The molecule has 1 aromatic carbocycles. The molecule has 3 aromatic heterocycles. The third-order valence-electron chi connectivity index (χ3n) is 4.60. The van der Waals surface area contributed by atoms with Crippen molar-refractivity contribution in [2.45, 2.75) is 13.0 Å². The molecule has 118 valence electrons. The summed E-state index contributed by atoms with van der Waals surface area (Å²) in [6.07, 6.45) is 12.2. The summed E-state index contributed by atoms with van der Waals surface area (Å²) in [4.78, 5) is 18.5. The van der Waals surface area contributed by atoms with Crippen molar-refractivity contribution in [1.29, 1.82) is 0 Å². The minimum Gasteiger partial charge on any atom is -0.365 e. The quantitative estimate of drug-likeness (QED) is 0.631. The zero-order chi connectivity index (χ0) is 15.9. The van der Waals surface area contributed by atoms with E-state index >= 15 is 0 Å². The highest BCUT2D eigenvalue weighted by Gasteiger charge is 2.21. The normalized spacial score (nSPS) is 13.6. The van der Waals surface area contributed by atoms with E-state index in [1.54, 1.807) is 18.9 Å². The fraction of sp³-hybridized carbons (Fsp3) is 0.167. The monoisotopic (exact) mass is 316 g/mol. The first-order chi connectivity index (χ1) is 11.9. The molecule has 0 fully saturated rings. The van der Waals surface area contributed by atoms with Crippen molar-refractivity contribution in [3.8, 4) is 11.1 Å². The Morgan fingerprint density at radius 3 is 3.12 bits per heavy atom. The van der Waals surface area contributed by atoms with Gasteiger partial charge in [0.05, 0.1) is 18.6 Å². The highest BCUT2D eigenvalue weighted by atomic mass is 15.2. The van der Waals surface area contributed by atoms with Crippen molar-refractivity contribution in [3.05, 3.63) is 66.9 Å². The van der Waals surface area contributed by atoms with E-state index in [0.717, 1.165) is 42.0 Å². The summed E-state index contributed by atoms with van der Waals surface area (Å²) >= 11 is 0. The third-order valence-corrected chi connectivity index (χ3v) is 4.60. The first-order valence-corrected chi connectivity index (χ1v) is 8.01. The van der Waals surface area contributed by atoms with Crippen LogP contribution in [-0.4, -0.2) is 30.9 Å². The number of aromatic nitrogens is 5. The lowest BCUT2D eigenvalue weighted by Crippen LogP contribution is -2.19. The van der Waals surface area contributed by atoms with E-state index in [0.29, 0.717) is 0 Å². The standard InChI is InChI=1S/C18H16N6/c1-2-14(16-9-20-12-24-6-4-21-18(16)24)7-17-13(1)3-5-23(17)10-15-8-19-11-22-15/h1-2,4,6-9,11-12H,3,5,10H2,(H,19,22). The van der Waals surface area contributed by atoms with Gasteiger partial charge in [-0.1, -0.05) is 12.1 Å². The van der Waals surface area contributed by atoms with Crippen LogP contribution in [0.1, 0.15) is 11.3 Å². The highest BCUT2D eigenvalue weighted by molar-refractivity contribution is 5.80. The molecule has 0 amide bonds.